The van der Waals surface area contributed by atoms with E-state index in [-0.39, 0.29) is 12.1 Å². The number of hydrogen-bond acceptors (Lipinski definition) is 5. The topological polar surface area (TPSA) is 44.8 Å². The van der Waals surface area contributed by atoms with E-state index in [1.807, 2.05) is 32.0 Å². The smallest absolute Gasteiger partial charge is 0.348 e. The molecule has 1 aromatic heterocycles. The van der Waals surface area contributed by atoms with Crippen LogP contribution < -0.4 is 9.47 Å². The largest absolute Gasteiger partial charge is 0.493 e. The van der Waals surface area contributed by atoms with Crippen molar-refractivity contribution in [3.8, 4) is 11.5 Å². The number of benzene rings is 1. The van der Waals surface area contributed by atoms with E-state index in [4.69, 9.17) is 14.2 Å². The Hall–Kier alpha value is -1.75. The molecule has 0 atom stereocenters. The van der Waals surface area contributed by atoms with Gasteiger partial charge in [-0.3, -0.25) is 0 Å². The molecule has 4 nitrogen and oxygen atoms in total. The van der Waals surface area contributed by atoms with Crippen LogP contribution in [0.25, 0.3) is 10.1 Å². The van der Waals surface area contributed by atoms with Crippen LogP contribution in [0.3, 0.4) is 0 Å². The molecule has 0 radical (unpaired) electrons. The Morgan fingerprint density at radius 3 is 2.60 bits per heavy atom. The van der Waals surface area contributed by atoms with Crippen molar-refractivity contribution in [2.75, 3.05) is 13.7 Å². The van der Waals surface area contributed by atoms with E-state index in [9.17, 15) is 4.79 Å². The molecule has 0 saturated carbocycles. The average molecular weight is 294 g/mol. The molecular formula is C15H18O4S. The maximum Gasteiger partial charge on any atom is 0.348 e. The lowest BCUT2D eigenvalue weighted by Gasteiger charge is -2.13. The minimum atomic E-state index is -0.293. The van der Waals surface area contributed by atoms with Crippen molar-refractivity contribution >= 4 is 27.4 Å². The quantitative estimate of drug-likeness (QED) is 0.785. The van der Waals surface area contributed by atoms with E-state index < -0.39 is 0 Å². The fourth-order valence-electron chi connectivity index (χ4n) is 1.86. The zero-order valence-corrected chi connectivity index (χ0v) is 12.9. The highest BCUT2D eigenvalue weighted by Crippen LogP contribution is 2.37. The maximum atomic E-state index is 11.8. The molecule has 0 fully saturated rings. The molecule has 0 aliphatic carbocycles. The van der Waals surface area contributed by atoms with Crippen LogP contribution in [0.5, 0.6) is 11.5 Å². The predicted octanol–water partition coefficient (Wildman–Crippen LogP) is 3.87. The summed E-state index contributed by atoms with van der Waals surface area (Å²) in [5.41, 5.74) is 0. The highest BCUT2D eigenvalue weighted by atomic mass is 32.1. The van der Waals surface area contributed by atoms with Crippen molar-refractivity contribution in [3.63, 3.8) is 0 Å². The standard InChI is InChI=1S/C15H18O4S/c1-5-18-15(16)14-7-10-6-12(19-9(2)3)11(17-4)8-13(10)20-14/h6-9H,5H2,1-4H3. The van der Waals surface area contributed by atoms with Gasteiger partial charge in [0.05, 0.1) is 19.8 Å². The first kappa shape index (κ1) is 14.7. The molecule has 5 heteroatoms. The number of carbonyl (C=O) groups excluding carboxylic acids is 1. The number of methoxy groups -OCH3 is 1. The summed E-state index contributed by atoms with van der Waals surface area (Å²) in [6.45, 7) is 6.09. The molecule has 0 unspecified atom stereocenters. The summed E-state index contributed by atoms with van der Waals surface area (Å²) < 4.78 is 17.1. The van der Waals surface area contributed by atoms with Gasteiger partial charge in [0.25, 0.3) is 0 Å². The first-order valence-corrected chi connectivity index (χ1v) is 7.32. The van der Waals surface area contributed by atoms with Crippen molar-refractivity contribution in [1.82, 2.24) is 0 Å². The summed E-state index contributed by atoms with van der Waals surface area (Å²) in [7, 11) is 1.61. The number of carbonyl (C=O) groups is 1. The van der Waals surface area contributed by atoms with Gasteiger partial charge in [0.2, 0.25) is 0 Å². The van der Waals surface area contributed by atoms with Crippen molar-refractivity contribution in [2.24, 2.45) is 0 Å². The molecule has 0 aliphatic heterocycles. The van der Waals surface area contributed by atoms with Gasteiger partial charge < -0.3 is 14.2 Å². The molecule has 2 aromatic rings. The maximum absolute atomic E-state index is 11.8. The second-order valence-corrected chi connectivity index (χ2v) is 5.62. The van der Waals surface area contributed by atoms with Gasteiger partial charge in [-0.1, -0.05) is 0 Å². The number of ether oxygens (including phenoxy) is 3. The van der Waals surface area contributed by atoms with Crippen LogP contribution in [0.2, 0.25) is 0 Å². The SMILES string of the molecule is CCOC(=O)c1cc2cc(OC(C)C)c(OC)cc2s1. The van der Waals surface area contributed by atoms with Crippen LogP contribution in [-0.2, 0) is 4.74 Å². The highest BCUT2D eigenvalue weighted by Gasteiger charge is 2.15. The lowest BCUT2D eigenvalue weighted by Crippen LogP contribution is -2.06. The number of rotatable bonds is 5. The summed E-state index contributed by atoms with van der Waals surface area (Å²) in [4.78, 5) is 12.3. The van der Waals surface area contributed by atoms with Gasteiger partial charge in [-0.05, 0) is 38.3 Å². The van der Waals surface area contributed by atoms with Crippen LogP contribution in [0.15, 0.2) is 18.2 Å². The third-order valence-corrected chi connectivity index (χ3v) is 3.72. The first-order valence-electron chi connectivity index (χ1n) is 6.50. The highest BCUT2D eigenvalue weighted by molar-refractivity contribution is 7.20. The Morgan fingerprint density at radius 2 is 2.00 bits per heavy atom. The lowest BCUT2D eigenvalue weighted by atomic mass is 10.2. The Balaban J connectivity index is 2.44. The van der Waals surface area contributed by atoms with E-state index in [1.54, 1.807) is 14.0 Å². The van der Waals surface area contributed by atoms with Crippen LogP contribution in [-0.4, -0.2) is 25.8 Å². The van der Waals surface area contributed by atoms with Crippen molar-refractivity contribution in [2.45, 2.75) is 26.9 Å². The van der Waals surface area contributed by atoms with Gasteiger partial charge in [0.15, 0.2) is 11.5 Å². The molecule has 20 heavy (non-hydrogen) atoms. The molecule has 0 amide bonds. The van der Waals surface area contributed by atoms with E-state index in [2.05, 4.69) is 0 Å². The lowest BCUT2D eigenvalue weighted by molar-refractivity contribution is 0.0532. The van der Waals surface area contributed by atoms with E-state index in [0.717, 1.165) is 10.1 Å². The molecular weight excluding hydrogens is 276 g/mol. The molecule has 0 spiro atoms. The Kier molecular flexibility index (Phi) is 4.49. The summed E-state index contributed by atoms with van der Waals surface area (Å²) in [5, 5.41) is 0.953. The van der Waals surface area contributed by atoms with Crippen LogP contribution >= 0.6 is 11.3 Å². The molecule has 0 saturated heterocycles. The van der Waals surface area contributed by atoms with Gasteiger partial charge >= 0.3 is 5.97 Å². The van der Waals surface area contributed by atoms with Crippen LogP contribution in [0.1, 0.15) is 30.4 Å². The molecule has 0 bridgehead atoms. The third-order valence-electron chi connectivity index (χ3n) is 2.64. The van der Waals surface area contributed by atoms with Crippen LogP contribution in [0, 0.1) is 0 Å². The molecule has 1 aromatic carbocycles. The molecule has 108 valence electrons. The number of esters is 1. The molecule has 0 N–H and O–H groups in total. The van der Waals surface area contributed by atoms with Crippen molar-refractivity contribution in [3.05, 3.63) is 23.1 Å². The van der Waals surface area contributed by atoms with Gasteiger partial charge in [-0.15, -0.1) is 11.3 Å². The summed E-state index contributed by atoms with van der Waals surface area (Å²) >= 11 is 1.39. The van der Waals surface area contributed by atoms with Gasteiger partial charge in [-0.2, -0.15) is 0 Å². The Morgan fingerprint density at radius 1 is 1.25 bits per heavy atom. The summed E-state index contributed by atoms with van der Waals surface area (Å²) in [6.07, 6.45) is 0.0597. The minimum absolute atomic E-state index is 0.0597. The zero-order chi connectivity index (χ0) is 14.7. The van der Waals surface area contributed by atoms with Gasteiger partial charge in [0.1, 0.15) is 4.88 Å². The second-order valence-electron chi connectivity index (χ2n) is 4.54. The van der Waals surface area contributed by atoms with Gasteiger partial charge in [-0.25, -0.2) is 4.79 Å². The van der Waals surface area contributed by atoms with E-state index >= 15 is 0 Å². The number of hydrogen-bond donors (Lipinski definition) is 0. The average Bonchev–Trinajstić information content (AvgIpc) is 2.80. The Labute approximate surface area is 122 Å². The Bertz CT molecular complexity index is 616. The number of thiophene rings is 1. The zero-order valence-electron chi connectivity index (χ0n) is 12.1. The second kappa shape index (κ2) is 6.13. The van der Waals surface area contributed by atoms with Crippen molar-refractivity contribution < 1.29 is 19.0 Å². The minimum Gasteiger partial charge on any atom is -0.493 e. The van der Waals surface area contributed by atoms with Crippen molar-refractivity contribution in [1.29, 1.82) is 0 Å². The van der Waals surface area contributed by atoms with E-state index in [0.29, 0.717) is 23.0 Å². The summed E-state index contributed by atoms with van der Waals surface area (Å²) in [5.74, 6) is 1.06. The fourth-order valence-corrected chi connectivity index (χ4v) is 2.82. The van der Waals surface area contributed by atoms with Crippen LogP contribution in [0.4, 0.5) is 0 Å². The number of fused-ring (bicyclic) bond motifs is 1. The third kappa shape index (κ3) is 3.04. The van der Waals surface area contributed by atoms with E-state index in [1.165, 1.54) is 11.3 Å². The normalized spacial score (nSPS) is 10.8. The fraction of sp³-hybridized carbons (Fsp3) is 0.400. The molecule has 2 rings (SSSR count). The monoisotopic (exact) mass is 294 g/mol. The molecule has 1 heterocycles. The summed E-state index contributed by atoms with van der Waals surface area (Å²) in [6, 6.07) is 5.61. The predicted molar refractivity (Wildman–Crippen MR) is 80.1 cm³/mol. The molecule has 0 aliphatic rings. The van der Waals surface area contributed by atoms with Gasteiger partial charge in [0, 0.05) is 10.8 Å². The first-order chi connectivity index (χ1) is 9.55.